The van der Waals surface area contributed by atoms with Crippen LogP contribution in [-0.4, -0.2) is 9.78 Å². The van der Waals surface area contributed by atoms with Gasteiger partial charge in [-0.25, -0.2) is 0 Å². The van der Waals surface area contributed by atoms with Crippen LogP contribution in [0.4, 0.5) is 0 Å². The molecule has 0 aliphatic carbocycles. The van der Waals surface area contributed by atoms with Gasteiger partial charge in [0.05, 0.1) is 18.5 Å². The highest BCUT2D eigenvalue weighted by atomic mass is 15.3. The topological polar surface area (TPSA) is 41.6 Å². The zero-order chi connectivity index (χ0) is 7.40. The van der Waals surface area contributed by atoms with Crippen LogP contribution in [0.2, 0.25) is 0 Å². The van der Waals surface area contributed by atoms with Gasteiger partial charge in [-0.2, -0.15) is 10.4 Å². The lowest BCUT2D eigenvalue weighted by Crippen LogP contribution is -2.03. The molecule has 0 unspecified atom stereocenters. The lowest BCUT2D eigenvalue weighted by atomic mass is 10.3. The molecule has 1 heterocycles. The molecular formula is C7H9N3. The summed E-state index contributed by atoms with van der Waals surface area (Å²) >= 11 is 0. The van der Waals surface area contributed by atoms with Crippen molar-refractivity contribution in [3.8, 4) is 6.07 Å². The molecule has 1 atom stereocenters. The normalized spacial score (nSPS) is 12.4. The van der Waals surface area contributed by atoms with E-state index in [-0.39, 0.29) is 6.04 Å². The van der Waals surface area contributed by atoms with Gasteiger partial charge >= 0.3 is 0 Å². The van der Waals surface area contributed by atoms with E-state index in [1.807, 2.05) is 19.2 Å². The van der Waals surface area contributed by atoms with Gasteiger partial charge in [-0.1, -0.05) is 0 Å². The fraction of sp³-hybridized carbons (Fsp3) is 0.429. The van der Waals surface area contributed by atoms with E-state index in [0.29, 0.717) is 6.42 Å². The highest BCUT2D eigenvalue weighted by Crippen LogP contribution is 2.05. The zero-order valence-electron chi connectivity index (χ0n) is 5.86. The van der Waals surface area contributed by atoms with Crippen LogP contribution in [0.5, 0.6) is 0 Å². The third kappa shape index (κ3) is 1.35. The quantitative estimate of drug-likeness (QED) is 0.614. The first-order valence-electron chi connectivity index (χ1n) is 3.20. The van der Waals surface area contributed by atoms with E-state index in [4.69, 9.17) is 5.26 Å². The molecule has 1 rings (SSSR count). The van der Waals surface area contributed by atoms with Crippen LogP contribution in [0, 0.1) is 11.3 Å². The van der Waals surface area contributed by atoms with Gasteiger partial charge in [0.15, 0.2) is 0 Å². The summed E-state index contributed by atoms with van der Waals surface area (Å²) in [5, 5.41) is 12.3. The van der Waals surface area contributed by atoms with Gasteiger partial charge in [0, 0.05) is 12.4 Å². The highest BCUT2D eigenvalue weighted by Gasteiger charge is 2.00. The number of aromatic nitrogens is 2. The molecule has 0 aromatic carbocycles. The van der Waals surface area contributed by atoms with Crippen LogP contribution >= 0.6 is 0 Å². The maximum Gasteiger partial charge on any atom is 0.0644 e. The third-order valence-electron chi connectivity index (χ3n) is 1.36. The second-order valence-electron chi connectivity index (χ2n) is 2.20. The Labute approximate surface area is 59.9 Å². The third-order valence-corrected chi connectivity index (χ3v) is 1.36. The summed E-state index contributed by atoms with van der Waals surface area (Å²) < 4.78 is 1.78. The number of hydrogen-bond donors (Lipinski definition) is 0. The average Bonchev–Trinajstić information content (AvgIpc) is 2.38. The SMILES string of the molecule is C[C@@H](CC#N)n1cccn1. The average molecular weight is 135 g/mol. The molecule has 0 N–H and O–H groups in total. The van der Waals surface area contributed by atoms with Crippen LogP contribution in [0.3, 0.4) is 0 Å². The first kappa shape index (κ1) is 6.81. The molecule has 0 fully saturated rings. The standard InChI is InChI=1S/C7H9N3/c1-7(3-4-8)10-6-2-5-9-10/h2,5-7H,3H2,1H3/t7-/m0/s1. The summed E-state index contributed by atoms with van der Waals surface area (Å²) in [7, 11) is 0. The Hall–Kier alpha value is -1.30. The van der Waals surface area contributed by atoms with Gasteiger partial charge < -0.3 is 0 Å². The number of rotatable bonds is 2. The van der Waals surface area contributed by atoms with Crippen molar-refractivity contribution < 1.29 is 0 Å². The molecule has 3 heteroatoms. The molecule has 0 radical (unpaired) electrons. The van der Waals surface area contributed by atoms with Crippen LogP contribution in [0.25, 0.3) is 0 Å². The van der Waals surface area contributed by atoms with Crippen molar-refractivity contribution in [2.75, 3.05) is 0 Å². The van der Waals surface area contributed by atoms with Gasteiger partial charge in [-0.05, 0) is 13.0 Å². The lowest BCUT2D eigenvalue weighted by molar-refractivity contribution is 0.500. The maximum atomic E-state index is 8.34. The van der Waals surface area contributed by atoms with Gasteiger partial charge in [0.1, 0.15) is 0 Å². The summed E-state index contributed by atoms with van der Waals surface area (Å²) in [6.07, 6.45) is 4.09. The molecule has 1 aromatic heterocycles. The molecule has 0 amide bonds. The summed E-state index contributed by atoms with van der Waals surface area (Å²) in [5.41, 5.74) is 0. The minimum Gasteiger partial charge on any atom is -0.269 e. The zero-order valence-corrected chi connectivity index (χ0v) is 5.86. The molecule has 0 bridgehead atoms. The first-order valence-corrected chi connectivity index (χ1v) is 3.20. The molecule has 0 spiro atoms. The highest BCUT2D eigenvalue weighted by molar-refractivity contribution is 4.83. The Morgan fingerprint density at radius 3 is 3.10 bits per heavy atom. The predicted octanol–water partition coefficient (Wildman–Crippen LogP) is 1.36. The van der Waals surface area contributed by atoms with Crippen molar-refractivity contribution in [3.05, 3.63) is 18.5 Å². The molecule has 0 aliphatic heterocycles. The molecule has 0 aliphatic rings. The fourth-order valence-electron chi connectivity index (χ4n) is 0.767. The Kier molecular flexibility index (Phi) is 2.06. The molecule has 0 saturated carbocycles. The Morgan fingerprint density at radius 2 is 2.60 bits per heavy atom. The van der Waals surface area contributed by atoms with E-state index in [1.165, 1.54) is 0 Å². The molecule has 1 aromatic rings. The van der Waals surface area contributed by atoms with Crippen molar-refractivity contribution in [2.24, 2.45) is 0 Å². The van der Waals surface area contributed by atoms with E-state index in [9.17, 15) is 0 Å². The smallest absolute Gasteiger partial charge is 0.0644 e. The molecule has 3 nitrogen and oxygen atoms in total. The summed E-state index contributed by atoms with van der Waals surface area (Å²) in [6.45, 7) is 1.97. The van der Waals surface area contributed by atoms with E-state index >= 15 is 0 Å². The number of nitriles is 1. The van der Waals surface area contributed by atoms with Crippen molar-refractivity contribution in [1.82, 2.24) is 9.78 Å². The van der Waals surface area contributed by atoms with E-state index < -0.39 is 0 Å². The Morgan fingerprint density at radius 1 is 1.80 bits per heavy atom. The van der Waals surface area contributed by atoms with Crippen LogP contribution in [0.15, 0.2) is 18.5 Å². The van der Waals surface area contributed by atoms with Gasteiger partial charge in [0.25, 0.3) is 0 Å². The predicted molar refractivity (Wildman–Crippen MR) is 37.2 cm³/mol. The monoisotopic (exact) mass is 135 g/mol. The minimum atomic E-state index is 0.194. The molecule has 10 heavy (non-hydrogen) atoms. The van der Waals surface area contributed by atoms with E-state index in [0.717, 1.165) is 0 Å². The van der Waals surface area contributed by atoms with E-state index in [1.54, 1.807) is 10.9 Å². The Bertz CT molecular complexity index is 219. The molecular weight excluding hydrogens is 126 g/mol. The largest absolute Gasteiger partial charge is 0.269 e. The Balaban J connectivity index is 2.61. The lowest BCUT2D eigenvalue weighted by Gasteiger charge is -2.05. The van der Waals surface area contributed by atoms with Gasteiger partial charge in [-0.3, -0.25) is 4.68 Å². The summed E-state index contributed by atoms with van der Waals surface area (Å²) in [4.78, 5) is 0. The second kappa shape index (κ2) is 3.02. The van der Waals surface area contributed by atoms with Gasteiger partial charge in [-0.15, -0.1) is 0 Å². The van der Waals surface area contributed by atoms with Crippen LogP contribution in [0.1, 0.15) is 19.4 Å². The van der Waals surface area contributed by atoms with Crippen LogP contribution in [-0.2, 0) is 0 Å². The van der Waals surface area contributed by atoms with Crippen molar-refractivity contribution >= 4 is 0 Å². The first-order chi connectivity index (χ1) is 4.84. The second-order valence-corrected chi connectivity index (χ2v) is 2.20. The van der Waals surface area contributed by atoms with Crippen molar-refractivity contribution in [3.63, 3.8) is 0 Å². The summed E-state index contributed by atoms with van der Waals surface area (Å²) in [6, 6.07) is 4.14. The number of nitrogens with zero attached hydrogens (tertiary/aromatic N) is 3. The van der Waals surface area contributed by atoms with Crippen LogP contribution < -0.4 is 0 Å². The fourth-order valence-corrected chi connectivity index (χ4v) is 0.767. The summed E-state index contributed by atoms with van der Waals surface area (Å²) in [5.74, 6) is 0. The minimum absolute atomic E-state index is 0.194. The van der Waals surface area contributed by atoms with Gasteiger partial charge in [0.2, 0.25) is 0 Å². The van der Waals surface area contributed by atoms with Crippen molar-refractivity contribution in [2.45, 2.75) is 19.4 Å². The number of hydrogen-bond acceptors (Lipinski definition) is 2. The van der Waals surface area contributed by atoms with E-state index in [2.05, 4.69) is 11.2 Å². The molecule has 0 saturated heterocycles. The van der Waals surface area contributed by atoms with Crippen molar-refractivity contribution in [1.29, 1.82) is 5.26 Å². The maximum absolute atomic E-state index is 8.34. The molecule has 52 valence electrons.